The first-order valence-corrected chi connectivity index (χ1v) is 6.36. The monoisotopic (exact) mass is 256 g/mol. The minimum Gasteiger partial charge on any atom is -0.491 e. The van der Waals surface area contributed by atoms with Crippen LogP contribution in [0.25, 0.3) is 0 Å². The fourth-order valence-electron chi connectivity index (χ4n) is 1.64. The van der Waals surface area contributed by atoms with Crippen molar-refractivity contribution in [3.05, 3.63) is 29.6 Å². The summed E-state index contributed by atoms with van der Waals surface area (Å²) in [6.07, 6.45) is 2.90. The quantitative estimate of drug-likeness (QED) is 0.703. The van der Waals surface area contributed by atoms with Crippen LogP contribution in [-0.4, -0.2) is 23.4 Å². The van der Waals surface area contributed by atoms with E-state index in [1.54, 1.807) is 19.1 Å². The molecule has 18 heavy (non-hydrogen) atoms. The summed E-state index contributed by atoms with van der Waals surface area (Å²) in [4.78, 5) is 0. The second-order valence-corrected chi connectivity index (χ2v) is 4.35. The molecule has 2 N–H and O–H groups in total. The molecule has 0 spiro atoms. The first-order valence-electron chi connectivity index (χ1n) is 6.36. The smallest absolute Gasteiger partial charge is 0.165 e. The lowest BCUT2D eigenvalue weighted by atomic mass is 10.1. The zero-order valence-electron chi connectivity index (χ0n) is 10.7. The number of benzene rings is 1. The van der Waals surface area contributed by atoms with Crippen molar-refractivity contribution in [1.29, 1.82) is 0 Å². The van der Waals surface area contributed by atoms with E-state index in [4.69, 9.17) is 9.84 Å². The van der Waals surface area contributed by atoms with E-state index in [1.807, 2.05) is 0 Å². The Labute approximate surface area is 107 Å². The van der Waals surface area contributed by atoms with E-state index in [9.17, 15) is 9.50 Å². The molecule has 0 radical (unpaired) electrons. The summed E-state index contributed by atoms with van der Waals surface area (Å²) >= 11 is 0. The van der Waals surface area contributed by atoms with Gasteiger partial charge >= 0.3 is 0 Å². The molecule has 1 aromatic carbocycles. The highest BCUT2D eigenvalue weighted by Crippen LogP contribution is 2.22. The summed E-state index contributed by atoms with van der Waals surface area (Å²) < 4.78 is 18.9. The molecule has 3 nitrogen and oxygen atoms in total. The Morgan fingerprint density at radius 1 is 1.22 bits per heavy atom. The zero-order chi connectivity index (χ0) is 13.4. The molecule has 0 unspecified atom stereocenters. The number of hydrogen-bond acceptors (Lipinski definition) is 3. The summed E-state index contributed by atoms with van der Waals surface area (Å²) in [5.74, 6) is -0.217. The lowest BCUT2D eigenvalue weighted by molar-refractivity contribution is 0.198. The molecule has 4 heteroatoms. The third kappa shape index (κ3) is 5.02. The van der Waals surface area contributed by atoms with Crippen molar-refractivity contribution in [2.45, 2.75) is 38.7 Å². The van der Waals surface area contributed by atoms with Gasteiger partial charge in [-0.25, -0.2) is 4.39 Å². The second kappa shape index (κ2) is 8.06. The van der Waals surface area contributed by atoms with Crippen LogP contribution in [0.5, 0.6) is 5.75 Å². The Balaban J connectivity index is 2.34. The fraction of sp³-hybridized carbons (Fsp3) is 0.571. The highest BCUT2D eigenvalue weighted by molar-refractivity contribution is 5.30. The predicted octanol–water partition coefficient (Wildman–Crippen LogP) is 2.81. The van der Waals surface area contributed by atoms with Crippen LogP contribution in [0, 0.1) is 5.82 Å². The Kier molecular flexibility index (Phi) is 6.68. The topological polar surface area (TPSA) is 49.7 Å². The molecular weight excluding hydrogens is 235 g/mol. The predicted molar refractivity (Wildman–Crippen MR) is 68.1 cm³/mol. The third-order valence-corrected chi connectivity index (χ3v) is 2.75. The molecule has 0 fully saturated rings. The van der Waals surface area contributed by atoms with Gasteiger partial charge in [-0.3, -0.25) is 0 Å². The van der Waals surface area contributed by atoms with Gasteiger partial charge in [0.2, 0.25) is 0 Å². The minimum absolute atomic E-state index is 0.219. The summed E-state index contributed by atoms with van der Waals surface area (Å²) in [5, 5.41) is 17.9. The number of halogens is 1. The number of aliphatic hydroxyl groups is 2. The molecule has 0 aliphatic rings. The van der Waals surface area contributed by atoms with Crippen LogP contribution in [0.3, 0.4) is 0 Å². The van der Waals surface area contributed by atoms with Crippen molar-refractivity contribution < 1.29 is 19.3 Å². The Morgan fingerprint density at radius 2 is 1.94 bits per heavy atom. The zero-order valence-corrected chi connectivity index (χ0v) is 10.7. The van der Waals surface area contributed by atoms with Gasteiger partial charge in [0, 0.05) is 6.61 Å². The average molecular weight is 256 g/mol. The minimum atomic E-state index is -0.674. The summed E-state index contributed by atoms with van der Waals surface area (Å²) in [7, 11) is 0. The molecular formula is C14H21FO3. The number of unbranched alkanes of at least 4 members (excludes halogenated alkanes) is 3. The van der Waals surface area contributed by atoms with E-state index in [2.05, 4.69) is 0 Å². The molecule has 0 aliphatic heterocycles. The van der Waals surface area contributed by atoms with E-state index in [-0.39, 0.29) is 12.4 Å². The highest BCUT2D eigenvalue weighted by Gasteiger charge is 2.07. The van der Waals surface area contributed by atoms with E-state index >= 15 is 0 Å². The fourth-order valence-corrected chi connectivity index (χ4v) is 1.64. The molecule has 0 bridgehead atoms. The third-order valence-electron chi connectivity index (χ3n) is 2.75. The largest absolute Gasteiger partial charge is 0.491 e. The molecule has 1 atom stereocenters. The number of rotatable bonds is 8. The molecule has 0 amide bonds. The molecule has 0 saturated heterocycles. The standard InChI is InChI=1S/C14H21FO3/c1-11(17)12-6-7-14(13(15)10-12)18-9-5-3-2-4-8-16/h6-7,10-11,16-17H,2-5,8-9H2,1H3/t11-/m0/s1. The first-order chi connectivity index (χ1) is 8.65. The maximum atomic E-state index is 13.6. The first kappa shape index (κ1) is 14.9. The lowest BCUT2D eigenvalue weighted by Gasteiger charge is -2.10. The van der Waals surface area contributed by atoms with E-state index < -0.39 is 11.9 Å². The SMILES string of the molecule is C[C@H](O)c1ccc(OCCCCCCO)c(F)c1. The number of hydrogen-bond donors (Lipinski definition) is 2. The van der Waals surface area contributed by atoms with E-state index in [0.29, 0.717) is 12.2 Å². The van der Waals surface area contributed by atoms with Crippen LogP contribution < -0.4 is 4.74 Å². The van der Waals surface area contributed by atoms with Gasteiger partial charge in [-0.2, -0.15) is 0 Å². The number of aliphatic hydroxyl groups excluding tert-OH is 2. The summed E-state index contributed by atoms with van der Waals surface area (Å²) in [5.41, 5.74) is 0.544. The van der Waals surface area contributed by atoms with Gasteiger partial charge in [-0.05, 0) is 43.9 Å². The van der Waals surface area contributed by atoms with E-state index in [0.717, 1.165) is 25.7 Å². The van der Waals surface area contributed by atoms with Gasteiger partial charge in [0.25, 0.3) is 0 Å². The second-order valence-electron chi connectivity index (χ2n) is 4.35. The van der Waals surface area contributed by atoms with Gasteiger partial charge in [-0.15, -0.1) is 0 Å². The highest BCUT2D eigenvalue weighted by atomic mass is 19.1. The van der Waals surface area contributed by atoms with Crippen LogP contribution in [0.15, 0.2) is 18.2 Å². The molecule has 0 saturated carbocycles. The van der Waals surface area contributed by atoms with Gasteiger partial charge < -0.3 is 14.9 Å². The van der Waals surface area contributed by atoms with Crippen LogP contribution >= 0.6 is 0 Å². The molecule has 0 aliphatic carbocycles. The molecule has 1 aromatic rings. The molecule has 0 heterocycles. The Bertz CT molecular complexity index is 353. The van der Waals surface area contributed by atoms with Crippen molar-refractivity contribution in [2.75, 3.05) is 13.2 Å². The van der Waals surface area contributed by atoms with Gasteiger partial charge in [0.05, 0.1) is 12.7 Å². The number of ether oxygens (including phenoxy) is 1. The summed E-state index contributed by atoms with van der Waals surface area (Å²) in [6.45, 7) is 2.28. The van der Waals surface area contributed by atoms with Gasteiger partial charge in [-0.1, -0.05) is 12.5 Å². The van der Waals surface area contributed by atoms with Crippen LogP contribution in [0.4, 0.5) is 4.39 Å². The van der Waals surface area contributed by atoms with Crippen LogP contribution in [-0.2, 0) is 0 Å². The maximum Gasteiger partial charge on any atom is 0.165 e. The van der Waals surface area contributed by atoms with Crippen molar-refractivity contribution in [3.8, 4) is 5.75 Å². The summed E-state index contributed by atoms with van der Waals surface area (Å²) in [6, 6.07) is 4.51. The molecule has 0 aromatic heterocycles. The van der Waals surface area contributed by atoms with E-state index in [1.165, 1.54) is 6.07 Å². The van der Waals surface area contributed by atoms with Crippen molar-refractivity contribution >= 4 is 0 Å². The van der Waals surface area contributed by atoms with Gasteiger partial charge in [0.15, 0.2) is 11.6 Å². The van der Waals surface area contributed by atoms with Crippen LogP contribution in [0.2, 0.25) is 0 Å². The average Bonchev–Trinajstić information content (AvgIpc) is 2.35. The van der Waals surface area contributed by atoms with Crippen molar-refractivity contribution in [3.63, 3.8) is 0 Å². The Morgan fingerprint density at radius 3 is 2.56 bits per heavy atom. The molecule has 102 valence electrons. The normalized spacial score (nSPS) is 12.4. The maximum absolute atomic E-state index is 13.6. The van der Waals surface area contributed by atoms with Crippen molar-refractivity contribution in [1.82, 2.24) is 0 Å². The molecule has 1 rings (SSSR count). The van der Waals surface area contributed by atoms with Gasteiger partial charge in [0.1, 0.15) is 0 Å². The van der Waals surface area contributed by atoms with Crippen molar-refractivity contribution in [2.24, 2.45) is 0 Å². The lowest BCUT2D eigenvalue weighted by Crippen LogP contribution is -2.01. The Hall–Kier alpha value is -1.13. The van der Waals surface area contributed by atoms with Crippen LogP contribution in [0.1, 0.15) is 44.3 Å².